The van der Waals surface area contributed by atoms with Crippen molar-refractivity contribution in [3.05, 3.63) is 35.1 Å². The summed E-state index contributed by atoms with van der Waals surface area (Å²) in [5.41, 5.74) is -0.943. The molecular formula is C21H27F3N2O5. The van der Waals surface area contributed by atoms with Crippen molar-refractivity contribution in [1.82, 2.24) is 10.2 Å². The SMILES string of the molecule is COC(=O)C[C@@H](Cc1cc(F)c(F)cc1F)NC(=O)C1CCCN1C(=O)OC(C)(C)C. The van der Waals surface area contributed by atoms with E-state index in [1.165, 1.54) is 4.90 Å². The molecule has 1 saturated heterocycles. The lowest BCUT2D eigenvalue weighted by atomic mass is 10.0. The summed E-state index contributed by atoms with van der Waals surface area (Å²) in [5.74, 6) is -4.82. The molecule has 2 amide bonds. The number of carbonyl (C=O) groups is 3. The topological polar surface area (TPSA) is 84.9 Å². The van der Waals surface area contributed by atoms with Gasteiger partial charge in [0.1, 0.15) is 17.5 Å². The van der Waals surface area contributed by atoms with E-state index in [0.717, 1.165) is 7.11 Å². The monoisotopic (exact) mass is 444 g/mol. The Hall–Kier alpha value is -2.78. The van der Waals surface area contributed by atoms with Crippen LogP contribution in [0.3, 0.4) is 0 Å². The van der Waals surface area contributed by atoms with Crippen molar-refractivity contribution in [3.63, 3.8) is 0 Å². The van der Waals surface area contributed by atoms with Gasteiger partial charge in [-0.15, -0.1) is 0 Å². The average Bonchev–Trinajstić information content (AvgIpc) is 3.14. The molecule has 1 unspecified atom stereocenters. The lowest BCUT2D eigenvalue weighted by molar-refractivity contribution is -0.141. The molecule has 10 heteroatoms. The van der Waals surface area contributed by atoms with E-state index in [1.54, 1.807) is 20.8 Å². The third-order valence-electron chi connectivity index (χ3n) is 4.73. The van der Waals surface area contributed by atoms with Gasteiger partial charge in [-0.05, 0) is 51.7 Å². The van der Waals surface area contributed by atoms with Gasteiger partial charge in [0.15, 0.2) is 11.6 Å². The second-order valence-electron chi connectivity index (χ2n) is 8.38. The highest BCUT2D eigenvalue weighted by atomic mass is 19.2. The van der Waals surface area contributed by atoms with Crippen LogP contribution in [0.1, 0.15) is 45.6 Å². The molecule has 2 atom stereocenters. The zero-order valence-corrected chi connectivity index (χ0v) is 18.0. The van der Waals surface area contributed by atoms with E-state index in [2.05, 4.69) is 10.1 Å². The van der Waals surface area contributed by atoms with Crippen LogP contribution in [0.5, 0.6) is 0 Å². The molecule has 0 aromatic heterocycles. The van der Waals surface area contributed by atoms with E-state index in [0.29, 0.717) is 31.5 Å². The van der Waals surface area contributed by atoms with Gasteiger partial charge in [0.2, 0.25) is 5.91 Å². The molecule has 0 bridgehead atoms. The van der Waals surface area contributed by atoms with E-state index in [9.17, 15) is 27.6 Å². The van der Waals surface area contributed by atoms with Gasteiger partial charge < -0.3 is 14.8 Å². The first kappa shape index (κ1) is 24.5. The summed E-state index contributed by atoms with van der Waals surface area (Å²) >= 11 is 0. The zero-order chi connectivity index (χ0) is 23.3. The summed E-state index contributed by atoms with van der Waals surface area (Å²) in [5, 5.41) is 2.61. The highest BCUT2D eigenvalue weighted by Crippen LogP contribution is 2.22. The Kier molecular flexibility index (Phi) is 7.91. The number of hydrogen-bond donors (Lipinski definition) is 1. The van der Waals surface area contributed by atoms with E-state index in [-0.39, 0.29) is 18.4 Å². The molecule has 1 heterocycles. The number of halogens is 3. The molecule has 172 valence electrons. The van der Waals surface area contributed by atoms with Crippen LogP contribution in [0.25, 0.3) is 0 Å². The molecule has 1 aliphatic heterocycles. The van der Waals surface area contributed by atoms with Crippen LogP contribution < -0.4 is 5.32 Å². The first-order valence-electron chi connectivity index (χ1n) is 9.91. The predicted octanol–water partition coefficient (Wildman–Crippen LogP) is 3.09. The van der Waals surface area contributed by atoms with Crippen molar-refractivity contribution in [2.24, 2.45) is 0 Å². The van der Waals surface area contributed by atoms with Gasteiger partial charge in [0, 0.05) is 18.7 Å². The molecule has 1 N–H and O–H groups in total. The van der Waals surface area contributed by atoms with Crippen LogP contribution in [-0.4, -0.2) is 54.2 Å². The number of ether oxygens (including phenoxy) is 2. The summed E-state index contributed by atoms with van der Waals surface area (Å²) < 4.78 is 50.8. The first-order chi connectivity index (χ1) is 14.4. The van der Waals surface area contributed by atoms with E-state index in [4.69, 9.17) is 4.74 Å². The maximum Gasteiger partial charge on any atom is 0.410 e. The van der Waals surface area contributed by atoms with Crippen molar-refractivity contribution in [2.45, 2.75) is 64.1 Å². The molecule has 31 heavy (non-hydrogen) atoms. The van der Waals surface area contributed by atoms with Gasteiger partial charge >= 0.3 is 12.1 Å². The van der Waals surface area contributed by atoms with Crippen LogP contribution >= 0.6 is 0 Å². The molecule has 1 fully saturated rings. The zero-order valence-electron chi connectivity index (χ0n) is 18.0. The number of hydrogen-bond acceptors (Lipinski definition) is 5. The Balaban J connectivity index is 2.16. The van der Waals surface area contributed by atoms with E-state index >= 15 is 0 Å². The Bertz CT molecular complexity index is 841. The number of likely N-dealkylation sites (tertiary alicyclic amines) is 1. The predicted molar refractivity (Wildman–Crippen MR) is 105 cm³/mol. The molecule has 2 rings (SSSR count). The molecule has 0 radical (unpaired) electrons. The van der Waals surface area contributed by atoms with Crippen molar-refractivity contribution in [3.8, 4) is 0 Å². The fourth-order valence-corrected chi connectivity index (χ4v) is 3.32. The first-order valence-corrected chi connectivity index (χ1v) is 9.91. The smallest absolute Gasteiger partial charge is 0.410 e. The molecule has 1 aliphatic rings. The molecule has 0 saturated carbocycles. The number of benzene rings is 1. The van der Waals surface area contributed by atoms with Crippen LogP contribution in [0, 0.1) is 17.5 Å². The van der Waals surface area contributed by atoms with Crippen LogP contribution in [0.15, 0.2) is 12.1 Å². The second kappa shape index (κ2) is 10.0. The number of rotatable bonds is 6. The second-order valence-corrected chi connectivity index (χ2v) is 8.38. The van der Waals surface area contributed by atoms with Crippen molar-refractivity contribution >= 4 is 18.0 Å². The summed E-state index contributed by atoms with van der Waals surface area (Å²) in [4.78, 5) is 38.3. The van der Waals surface area contributed by atoms with E-state index in [1.807, 2.05) is 0 Å². The molecular weight excluding hydrogens is 417 g/mol. The van der Waals surface area contributed by atoms with Gasteiger partial charge in [-0.1, -0.05) is 0 Å². The highest BCUT2D eigenvalue weighted by Gasteiger charge is 2.37. The van der Waals surface area contributed by atoms with Crippen LogP contribution in [-0.2, 0) is 25.5 Å². The number of nitrogens with zero attached hydrogens (tertiary/aromatic N) is 1. The van der Waals surface area contributed by atoms with Gasteiger partial charge in [0.05, 0.1) is 13.5 Å². The number of amides is 2. The van der Waals surface area contributed by atoms with Gasteiger partial charge in [0.25, 0.3) is 0 Å². The van der Waals surface area contributed by atoms with Crippen LogP contribution in [0.4, 0.5) is 18.0 Å². The fraction of sp³-hybridized carbons (Fsp3) is 0.571. The maximum absolute atomic E-state index is 14.1. The Morgan fingerprint density at radius 2 is 1.81 bits per heavy atom. The Labute approximate surface area is 178 Å². The number of esters is 1. The van der Waals surface area contributed by atoms with Gasteiger partial charge in [-0.3, -0.25) is 14.5 Å². The molecule has 7 nitrogen and oxygen atoms in total. The normalized spacial score (nSPS) is 17.3. The van der Waals surface area contributed by atoms with Crippen molar-refractivity contribution in [1.29, 1.82) is 0 Å². The summed E-state index contributed by atoms with van der Waals surface area (Å²) in [6.45, 7) is 5.45. The molecule has 0 aliphatic carbocycles. The summed E-state index contributed by atoms with van der Waals surface area (Å²) in [7, 11) is 1.15. The quantitative estimate of drug-likeness (QED) is 0.539. The number of nitrogens with one attached hydrogen (secondary N) is 1. The third kappa shape index (κ3) is 6.86. The highest BCUT2D eigenvalue weighted by molar-refractivity contribution is 5.87. The minimum absolute atomic E-state index is 0.205. The van der Waals surface area contributed by atoms with Gasteiger partial charge in [-0.2, -0.15) is 0 Å². The molecule has 1 aromatic rings. The lowest BCUT2D eigenvalue weighted by Crippen LogP contribution is -2.50. The summed E-state index contributed by atoms with van der Waals surface area (Å²) in [6, 6.07) is -0.697. The van der Waals surface area contributed by atoms with Crippen LogP contribution in [0.2, 0.25) is 0 Å². The van der Waals surface area contributed by atoms with Crippen molar-refractivity contribution < 1.29 is 37.0 Å². The largest absolute Gasteiger partial charge is 0.469 e. The minimum atomic E-state index is -1.34. The standard InChI is InChI=1S/C21H27F3N2O5/c1-21(2,3)31-20(29)26-7-5-6-17(26)19(28)25-13(10-18(27)30-4)8-12-9-15(23)16(24)11-14(12)22/h9,11,13,17H,5-8,10H2,1-4H3,(H,25,28)/t13-,17?/m1/s1. The number of carbonyl (C=O) groups excluding carboxylic acids is 3. The molecule has 0 spiro atoms. The summed E-state index contributed by atoms with van der Waals surface area (Å²) in [6.07, 6.45) is -0.267. The number of methoxy groups -OCH3 is 1. The minimum Gasteiger partial charge on any atom is -0.469 e. The maximum atomic E-state index is 14.1. The van der Waals surface area contributed by atoms with E-state index < -0.39 is 53.1 Å². The fourth-order valence-electron chi connectivity index (χ4n) is 3.32. The van der Waals surface area contributed by atoms with Gasteiger partial charge in [-0.25, -0.2) is 18.0 Å². The Morgan fingerprint density at radius 1 is 1.16 bits per heavy atom. The van der Waals surface area contributed by atoms with Crippen molar-refractivity contribution in [2.75, 3.05) is 13.7 Å². The Morgan fingerprint density at radius 3 is 2.42 bits per heavy atom. The molecule has 1 aromatic carbocycles. The third-order valence-corrected chi connectivity index (χ3v) is 4.73. The lowest BCUT2D eigenvalue weighted by Gasteiger charge is -2.29. The average molecular weight is 444 g/mol.